The number of fused-ring (bicyclic) bond motifs is 2. The molecule has 0 amide bonds. The number of hydrogen-bond acceptors (Lipinski definition) is 4. The third kappa shape index (κ3) is 3.14. The number of aliphatic hydroxyl groups excluding tert-OH is 1. The molecule has 154 valence electrons. The first-order chi connectivity index (χ1) is 14.6. The molecule has 2 aliphatic rings. The molecule has 30 heavy (non-hydrogen) atoms. The van der Waals surface area contributed by atoms with Gasteiger partial charge in [-0.25, -0.2) is 0 Å². The lowest BCUT2D eigenvalue weighted by atomic mass is 9.77. The Morgan fingerprint density at radius 1 is 1.10 bits per heavy atom. The minimum atomic E-state index is -0.824. The zero-order valence-electron chi connectivity index (χ0n) is 16.8. The van der Waals surface area contributed by atoms with Crippen molar-refractivity contribution in [1.29, 1.82) is 0 Å². The molecule has 2 atom stereocenters. The van der Waals surface area contributed by atoms with Gasteiger partial charge in [0.05, 0.1) is 23.6 Å². The van der Waals surface area contributed by atoms with Gasteiger partial charge in [-0.05, 0) is 43.0 Å². The zero-order valence-corrected chi connectivity index (χ0v) is 16.8. The van der Waals surface area contributed by atoms with Crippen molar-refractivity contribution in [2.45, 2.75) is 43.6 Å². The van der Waals surface area contributed by atoms with Gasteiger partial charge in [-0.1, -0.05) is 49.2 Å². The molecular formula is C25H25NO4. The Hall–Kier alpha value is -2.92. The molecule has 1 saturated carbocycles. The molecule has 1 aliphatic heterocycles. The van der Waals surface area contributed by atoms with Crippen LogP contribution >= 0.6 is 0 Å². The lowest BCUT2D eigenvalue weighted by Gasteiger charge is -2.32. The highest BCUT2D eigenvalue weighted by molar-refractivity contribution is 5.82. The molecule has 0 saturated heterocycles. The molecule has 5 heteroatoms. The van der Waals surface area contributed by atoms with E-state index in [0.717, 1.165) is 40.6 Å². The Bertz CT molecular complexity index is 1100. The van der Waals surface area contributed by atoms with Gasteiger partial charge in [0.15, 0.2) is 0 Å². The molecule has 5 nitrogen and oxygen atoms in total. The van der Waals surface area contributed by atoms with Crippen molar-refractivity contribution < 1.29 is 19.7 Å². The molecule has 0 unspecified atom stereocenters. The second kappa shape index (κ2) is 7.40. The second-order valence-electron chi connectivity index (χ2n) is 8.56. The van der Waals surface area contributed by atoms with E-state index >= 15 is 0 Å². The summed E-state index contributed by atoms with van der Waals surface area (Å²) >= 11 is 0. The number of benzene rings is 2. The van der Waals surface area contributed by atoms with E-state index in [-0.39, 0.29) is 5.92 Å². The molecule has 5 rings (SSSR count). The van der Waals surface area contributed by atoms with Crippen LogP contribution in [0.2, 0.25) is 0 Å². The normalized spacial score (nSPS) is 22.4. The molecule has 1 fully saturated rings. The minimum absolute atomic E-state index is 0.100. The van der Waals surface area contributed by atoms with Crippen molar-refractivity contribution in [3.8, 4) is 5.75 Å². The number of hydrogen-bond donors (Lipinski definition) is 2. The Morgan fingerprint density at radius 3 is 2.70 bits per heavy atom. The quantitative estimate of drug-likeness (QED) is 0.674. The number of ether oxygens (including phenoxy) is 1. The van der Waals surface area contributed by atoms with Gasteiger partial charge in [0.25, 0.3) is 0 Å². The van der Waals surface area contributed by atoms with E-state index < -0.39 is 17.5 Å². The standard InChI is InChI=1S/C25H25NO4/c27-23-17(13-19-9-7-16-5-1-2-6-21(16)26-19)15-30-22-14-18(8-10-20(22)23)25(24(28)29)11-3-4-12-25/h1-2,5-10,14,17,23,27H,3-4,11-13,15H2,(H,28,29)/t17-,23+/m0/s1. The second-order valence-corrected chi connectivity index (χ2v) is 8.56. The van der Waals surface area contributed by atoms with Crippen LogP contribution in [0.5, 0.6) is 5.75 Å². The van der Waals surface area contributed by atoms with Crippen LogP contribution in [0.3, 0.4) is 0 Å². The molecule has 0 spiro atoms. The van der Waals surface area contributed by atoms with E-state index in [1.807, 2.05) is 48.5 Å². The number of carbonyl (C=O) groups is 1. The molecule has 3 aromatic rings. The highest BCUT2D eigenvalue weighted by atomic mass is 16.5. The van der Waals surface area contributed by atoms with Crippen molar-refractivity contribution >= 4 is 16.9 Å². The first kappa shape index (κ1) is 19.1. The van der Waals surface area contributed by atoms with E-state index in [1.165, 1.54) is 0 Å². The van der Waals surface area contributed by atoms with Gasteiger partial charge >= 0.3 is 5.97 Å². The first-order valence-corrected chi connectivity index (χ1v) is 10.6. The third-order valence-electron chi connectivity index (χ3n) is 6.78. The number of carboxylic acid groups (broad SMARTS) is 1. The fourth-order valence-electron chi connectivity index (χ4n) is 5.01. The highest BCUT2D eigenvalue weighted by Gasteiger charge is 2.43. The molecule has 2 heterocycles. The number of para-hydroxylation sites is 1. The van der Waals surface area contributed by atoms with Crippen LogP contribution in [0, 0.1) is 5.92 Å². The SMILES string of the molecule is O=C(O)C1(c2ccc3c(c2)OC[C@H](Cc2ccc4ccccc4n2)[C@H]3O)CCCC1. The summed E-state index contributed by atoms with van der Waals surface area (Å²) in [6.45, 7) is 0.381. The smallest absolute Gasteiger partial charge is 0.314 e. The van der Waals surface area contributed by atoms with Gasteiger partial charge in [-0.15, -0.1) is 0 Å². The van der Waals surface area contributed by atoms with Crippen molar-refractivity contribution in [2.24, 2.45) is 5.92 Å². The van der Waals surface area contributed by atoms with E-state index in [1.54, 1.807) is 0 Å². The molecule has 2 N–H and O–H groups in total. The third-order valence-corrected chi connectivity index (χ3v) is 6.78. The minimum Gasteiger partial charge on any atom is -0.493 e. The Labute approximate surface area is 175 Å². The Kier molecular flexibility index (Phi) is 4.70. The number of nitrogens with zero attached hydrogens (tertiary/aromatic N) is 1. The summed E-state index contributed by atoms with van der Waals surface area (Å²) in [5.74, 6) is -0.260. The largest absolute Gasteiger partial charge is 0.493 e. The molecule has 2 aromatic carbocycles. The number of rotatable bonds is 4. The summed E-state index contributed by atoms with van der Waals surface area (Å²) in [4.78, 5) is 16.7. The number of aliphatic hydroxyl groups is 1. The van der Waals surface area contributed by atoms with Crippen LogP contribution in [0.4, 0.5) is 0 Å². The highest BCUT2D eigenvalue weighted by Crippen LogP contribution is 2.45. The van der Waals surface area contributed by atoms with Crippen LogP contribution in [0.1, 0.15) is 48.6 Å². The fourth-order valence-corrected chi connectivity index (χ4v) is 5.01. The monoisotopic (exact) mass is 403 g/mol. The lowest BCUT2D eigenvalue weighted by Crippen LogP contribution is -2.33. The summed E-state index contributed by atoms with van der Waals surface area (Å²) < 4.78 is 6.01. The van der Waals surface area contributed by atoms with Crippen molar-refractivity contribution in [3.05, 3.63) is 71.4 Å². The van der Waals surface area contributed by atoms with Crippen LogP contribution in [-0.4, -0.2) is 27.8 Å². The predicted molar refractivity (Wildman–Crippen MR) is 114 cm³/mol. The van der Waals surface area contributed by atoms with E-state index in [4.69, 9.17) is 9.72 Å². The Balaban J connectivity index is 1.39. The van der Waals surface area contributed by atoms with Crippen LogP contribution in [0.15, 0.2) is 54.6 Å². The fraction of sp³-hybridized carbons (Fsp3) is 0.360. The predicted octanol–water partition coefficient (Wildman–Crippen LogP) is 4.42. The van der Waals surface area contributed by atoms with Crippen molar-refractivity contribution in [2.75, 3.05) is 6.61 Å². The number of aromatic nitrogens is 1. The van der Waals surface area contributed by atoms with Gasteiger partial charge in [0.1, 0.15) is 5.75 Å². The molecule has 1 aromatic heterocycles. The maximum absolute atomic E-state index is 12.0. The van der Waals surface area contributed by atoms with Crippen molar-refractivity contribution in [3.63, 3.8) is 0 Å². The van der Waals surface area contributed by atoms with Gasteiger partial charge in [0, 0.05) is 22.6 Å². The number of aliphatic carboxylic acids is 1. The maximum Gasteiger partial charge on any atom is 0.314 e. The lowest BCUT2D eigenvalue weighted by molar-refractivity contribution is -0.143. The average molecular weight is 403 g/mol. The summed E-state index contributed by atoms with van der Waals surface area (Å²) in [5, 5.41) is 22.0. The summed E-state index contributed by atoms with van der Waals surface area (Å²) in [6, 6.07) is 17.6. The molecule has 1 aliphatic carbocycles. The van der Waals surface area contributed by atoms with Gasteiger partial charge < -0.3 is 14.9 Å². The zero-order chi connectivity index (χ0) is 20.7. The van der Waals surface area contributed by atoms with E-state index in [0.29, 0.717) is 31.6 Å². The number of carboxylic acids is 1. The average Bonchev–Trinajstić information content (AvgIpc) is 3.27. The van der Waals surface area contributed by atoms with Crippen LogP contribution in [0.25, 0.3) is 10.9 Å². The van der Waals surface area contributed by atoms with Crippen molar-refractivity contribution in [1.82, 2.24) is 4.98 Å². The van der Waals surface area contributed by atoms with E-state index in [9.17, 15) is 15.0 Å². The number of pyridine rings is 1. The summed E-state index contributed by atoms with van der Waals surface area (Å²) in [5.41, 5.74) is 2.57. The first-order valence-electron chi connectivity index (χ1n) is 10.6. The molecule has 0 radical (unpaired) electrons. The Morgan fingerprint density at radius 2 is 1.90 bits per heavy atom. The van der Waals surface area contributed by atoms with E-state index in [2.05, 4.69) is 6.07 Å². The summed E-state index contributed by atoms with van der Waals surface area (Å²) in [7, 11) is 0. The van der Waals surface area contributed by atoms with Gasteiger partial charge in [-0.2, -0.15) is 0 Å². The summed E-state index contributed by atoms with van der Waals surface area (Å²) in [6.07, 6.45) is 3.11. The topological polar surface area (TPSA) is 79.7 Å². The van der Waals surface area contributed by atoms with Crippen LogP contribution in [-0.2, 0) is 16.6 Å². The van der Waals surface area contributed by atoms with Gasteiger partial charge in [0.2, 0.25) is 0 Å². The molecule has 0 bridgehead atoms. The maximum atomic E-state index is 12.0. The molecular weight excluding hydrogens is 378 g/mol. The van der Waals surface area contributed by atoms with Crippen LogP contribution < -0.4 is 4.74 Å². The van der Waals surface area contributed by atoms with Gasteiger partial charge in [-0.3, -0.25) is 9.78 Å².